The Labute approximate surface area is 260 Å². The summed E-state index contributed by atoms with van der Waals surface area (Å²) in [6.07, 6.45) is 0. The third-order valence-corrected chi connectivity index (χ3v) is 9.82. The van der Waals surface area contributed by atoms with E-state index in [1.807, 2.05) is 0 Å². The van der Waals surface area contributed by atoms with Crippen molar-refractivity contribution in [2.75, 3.05) is 0 Å². The molecule has 37 heavy (non-hydrogen) atoms. The fraction of sp³-hybridized carbons (Fsp3) is 0.281. The van der Waals surface area contributed by atoms with Crippen LogP contribution < -0.4 is 42.4 Å². The van der Waals surface area contributed by atoms with E-state index in [0.29, 0.717) is 5.54 Å². The van der Waals surface area contributed by atoms with E-state index in [-0.39, 0.29) is 58.9 Å². The van der Waals surface area contributed by atoms with Gasteiger partial charge in [0.25, 0.3) is 0 Å². The zero-order valence-electron chi connectivity index (χ0n) is 23.2. The summed E-state index contributed by atoms with van der Waals surface area (Å²) in [5.41, 5.74) is 17.7. The van der Waals surface area contributed by atoms with Crippen molar-refractivity contribution < 1.29 is 58.9 Å². The average molecular weight is 604 g/mol. The Hall–Kier alpha value is -1.19. The van der Waals surface area contributed by atoms with Gasteiger partial charge in [-0.2, -0.15) is 11.1 Å². The Morgan fingerprint density at radius 3 is 1.65 bits per heavy atom. The number of benzene rings is 3. The Morgan fingerprint density at radius 1 is 0.622 bits per heavy atom. The van der Waals surface area contributed by atoms with Crippen molar-refractivity contribution >= 4 is 14.7 Å². The second-order valence-electron chi connectivity index (χ2n) is 10.1. The summed E-state index contributed by atoms with van der Waals surface area (Å²) in [7, 11) is -0.635. The number of hydrogen-bond donors (Lipinski definition) is 0. The molecule has 0 nitrogen and oxygen atoms in total. The van der Waals surface area contributed by atoms with Gasteiger partial charge in [-0.05, 0) is 56.9 Å². The number of hydrogen-bond acceptors (Lipinski definition) is 0. The molecule has 194 valence electrons. The second kappa shape index (κ2) is 14.8. The van der Waals surface area contributed by atoms with Crippen molar-refractivity contribution in [1.82, 2.24) is 0 Å². The van der Waals surface area contributed by atoms with Gasteiger partial charge in [-0.3, -0.25) is 0 Å². The maximum absolute atomic E-state index is 2.46. The van der Waals surface area contributed by atoms with Crippen molar-refractivity contribution in [2.45, 2.75) is 60.9 Å². The summed E-state index contributed by atoms with van der Waals surface area (Å²) in [6, 6.07) is 23.1. The molecular weight excluding hydrogens is 567 g/mol. The molecule has 0 saturated heterocycles. The van der Waals surface area contributed by atoms with Crippen LogP contribution in [-0.2, 0) is 21.7 Å². The van der Waals surface area contributed by atoms with E-state index in [1.54, 1.807) is 10.8 Å². The van der Waals surface area contributed by atoms with Gasteiger partial charge in [0, 0.05) is 0 Å². The van der Waals surface area contributed by atoms with Crippen LogP contribution in [0.5, 0.6) is 0 Å². The van der Waals surface area contributed by atoms with E-state index in [2.05, 4.69) is 116 Å². The predicted octanol–water partition coefficient (Wildman–Crippen LogP) is -1.87. The molecule has 0 radical (unpaired) electrons. The summed E-state index contributed by atoms with van der Waals surface area (Å²) in [5.74, 6) is 0. The minimum atomic E-state index is -0.635. The standard InChI is InChI=1S/C32H37Si.3ClH.Ti/c1-19-14-20(2)16-28(15-19)32(33-29-17-21(3)23(5)22(4)18-29)31-26(8)24(6)25(7)30(31)27-12-10-9-11-13-27;;;;/h9-18,32H,33H2,1-8H3;3*1H;/q-1;;;;+4/p-3. The van der Waals surface area contributed by atoms with Crippen molar-refractivity contribution in [3.63, 3.8) is 0 Å². The maximum Gasteiger partial charge on any atom is 4.00 e. The van der Waals surface area contributed by atoms with Gasteiger partial charge < -0.3 is 37.2 Å². The molecule has 0 bridgehead atoms. The van der Waals surface area contributed by atoms with Crippen LogP contribution >= 0.6 is 0 Å². The number of aryl methyl sites for hydroxylation is 4. The van der Waals surface area contributed by atoms with Crippen LogP contribution in [0, 0.1) is 55.4 Å². The van der Waals surface area contributed by atoms with Crippen LogP contribution in [0.1, 0.15) is 61.2 Å². The average Bonchev–Trinajstić information content (AvgIpc) is 2.99. The monoisotopic (exact) mass is 602 g/mol. The first-order valence-electron chi connectivity index (χ1n) is 12.1. The predicted molar refractivity (Wildman–Crippen MR) is 148 cm³/mol. The molecule has 0 spiro atoms. The molecule has 0 heterocycles. The molecule has 0 amide bonds. The molecule has 0 aliphatic carbocycles. The van der Waals surface area contributed by atoms with E-state index in [4.69, 9.17) is 0 Å². The molecule has 4 aromatic carbocycles. The topological polar surface area (TPSA) is 0 Å². The third kappa shape index (κ3) is 7.47. The zero-order valence-corrected chi connectivity index (χ0v) is 28.4. The summed E-state index contributed by atoms with van der Waals surface area (Å²) in [6.45, 7) is 18.2. The van der Waals surface area contributed by atoms with Gasteiger partial charge in [0.15, 0.2) is 0 Å². The first kappa shape index (κ1) is 35.8. The molecule has 0 aromatic heterocycles. The van der Waals surface area contributed by atoms with Crippen LogP contribution in [0.2, 0.25) is 0 Å². The largest absolute Gasteiger partial charge is 4.00 e. The second-order valence-corrected chi connectivity index (χ2v) is 12.1. The van der Waals surface area contributed by atoms with Gasteiger partial charge in [0.2, 0.25) is 0 Å². The molecule has 5 heteroatoms. The fourth-order valence-electron chi connectivity index (χ4n) is 5.55. The van der Waals surface area contributed by atoms with Gasteiger partial charge in [-0.25, -0.2) is 0 Å². The van der Waals surface area contributed by atoms with Crippen LogP contribution in [0.3, 0.4) is 0 Å². The molecule has 1 atom stereocenters. The SMILES string of the molecule is Cc1cc(C)cc(C([SiH2]c2cc(C)c(C)c(C)c2)[c-]2c(C)c(C)c(C)c2-c2ccccc2)c1.[Cl-].[Cl-].[Cl-].[Ti+4]. The van der Waals surface area contributed by atoms with E-state index in [9.17, 15) is 0 Å². The summed E-state index contributed by atoms with van der Waals surface area (Å²) in [4.78, 5) is 0. The van der Waals surface area contributed by atoms with Crippen LogP contribution in [0.15, 0.2) is 60.7 Å². The Morgan fingerprint density at radius 2 is 1.14 bits per heavy atom. The molecule has 4 aromatic rings. The van der Waals surface area contributed by atoms with Crippen molar-refractivity contribution in [3.8, 4) is 11.1 Å². The molecule has 0 fully saturated rings. The smallest absolute Gasteiger partial charge is 1.00 e. The van der Waals surface area contributed by atoms with E-state index >= 15 is 0 Å². The van der Waals surface area contributed by atoms with Gasteiger partial charge in [0.1, 0.15) is 0 Å². The molecule has 1 unspecified atom stereocenters. The number of halogens is 3. The molecule has 4 rings (SSSR count). The molecule has 0 saturated carbocycles. The Balaban J connectivity index is 0.00000324. The minimum absolute atomic E-state index is 0. The minimum Gasteiger partial charge on any atom is -1.00 e. The molecule has 0 aliphatic heterocycles. The first-order valence-corrected chi connectivity index (χ1v) is 13.7. The summed E-state index contributed by atoms with van der Waals surface area (Å²) >= 11 is 0. The van der Waals surface area contributed by atoms with Crippen molar-refractivity contribution in [2.24, 2.45) is 0 Å². The van der Waals surface area contributed by atoms with Crippen LogP contribution in [0.4, 0.5) is 0 Å². The maximum atomic E-state index is 2.46. The number of rotatable bonds is 5. The zero-order chi connectivity index (χ0) is 23.9. The van der Waals surface area contributed by atoms with Crippen molar-refractivity contribution in [1.29, 1.82) is 0 Å². The summed E-state index contributed by atoms with van der Waals surface area (Å²) in [5, 5.41) is 1.56. The fourth-order valence-corrected chi connectivity index (χ4v) is 8.05. The molecular formula is C32H37Cl3SiTi. The van der Waals surface area contributed by atoms with Gasteiger partial charge in [0.05, 0.1) is 9.52 Å². The van der Waals surface area contributed by atoms with E-state index in [0.717, 1.165) is 0 Å². The van der Waals surface area contributed by atoms with Gasteiger partial charge in [-0.15, -0.1) is 16.7 Å². The van der Waals surface area contributed by atoms with Crippen molar-refractivity contribution in [3.05, 3.63) is 116 Å². The van der Waals surface area contributed by atoms with Crippen LogP contribution in [-0.4, -0.2) is 9.52 Å². The normalized spacial score (nSPS) is 11.2. The first-order chi connectivity index (χ1) is 15.7. The Bertz CT molecular complexity index is 1280. The van der Waals surface area contributed by atoms with E-state index < -0.39 is 9.52 Å². The van der Waals surface area contributed by atoms with Gasteiger partial charge >= 0.3 is 21.7 Å². The molecule has 0 aliphatic rings. The molecule has 0 N–H and O–H groups in total. The van der Waals surface area contributed by atoms with Crippen LogP contribution in [0.25, 0.3) is 11.1 Å². The van der Waals surface area contributed by atoms with Gasteiger partial charge in [-0.1, -0.05) is 109 Å². The summed E-state index contributed by atoms with van der Waals surface area (Å²) < 4.78 is 0. The van der Waals surface area contributed by atoms with E-state index in [1.165, 1.54) is 61.2 Å². The third-order valence-electron chi connectivity index (χ3n) is 7.66. The quantitative estimate of drug-likeness (QED) is 0.185. The Kier molecular flexibility index (Phi) is 14.3.